The number of benzene rings is 1. The van der Waals surface area contributed by atoms with Gasteiger partial charge in [-0.1, -0.05) is 9.62 Å². The normalized spacial score (nSPS) is 13.4. The number of anilines is 2. The molecule has 33 heavy (non-hydrogen) atoms. The number of hydrogen-bond acceptors (Lipinski definition) is 8. The van der Waals surface area contributed by atoms with Gasteiger partial charge >= 0.3 is 0 Å². The van der Waals surface area contributed by atoms with Crippen LogP contribution in [-0.4, -0.2) is 29.4 Å². The van der Waals surface area contributed by atoms with Crippen LogP contribution >= 0.6 is 0 Å². The molecular weight excluding hydrogens is 450 g/mol. The molecule has 0 fully saturated rings. The third-order valence-corrected chi connectivity index (χ3v) is 5.64. The fourth-order valence-corrected chi connectivity index (χ4v) is 4.23. The minimum Gasteiger partial charge on any atom is -0.493 e. The summed E-state index contributed by atoms with van der Waals surface area (Å²) in [5, 5.41) is 12.7. The fraction of sp³-hybridized carbons (Fsp3) is 0.227. The van der Waals surface area contributed by atoms with Crippen LogP contribution in [-0.2, 0) is 15.4 Å². The van der Waals surface area contributed by atoms with Crippen LogP contribution in [0.2, 0.25) is 0 Å². The Kier molecular flexibility index (Phi) is 6.11. The Bertz CT molecular complexity index is 1370. The Balaban J connectivity index is 1.85. The van der Waals surface area contributed by atoms with E-state index >= 15 is 0 Å². The topological polar surface area (TPSA) is 128 Å². The van der Waals surface area contributed by atoms with Crippen LogP contribution in [0.15, 0.2) is 36.5 Å². The van der Waals surface area contributed by atoms with Crippen LogP contribution in [0, 0.1) is 32.5 Å². The molecular formula is C22H20F2N6O2S. The Morgan fingerprint density at radius 2 is 1.91 bits per heavy atom. The number of rotatable bonds is 2. The quantitative estimate of drug-likeness (QED) is 0.483. The maximum atomic E-state index is 14.7. The van der Waals surface area contributed by atoms with E-state index in [1.165, 1.54) is 30.5 Å². The number of hydrogen-bond donors (Lipinski definition) is 3. The molecule has 0 amide bonds. The van der Waals surface area contributed by atoms with Crippen molar-refractivity contribution in [3.8, 4) is 28.8 Å². The number of nitriles is 1. The zero-order valence-electron chi connectivity index (χ0n) is 17.6. The number of nitrogens with zero attached hydrogens (tertiary/aromatic N) is 3. The van der Waals surface area contributed by atoms with Gasteiger partial charge in [-0.2, -0.15) is 10.2 Å². The van der Waals surface area contributed by atoms with E-state index in [2.05, 4.69) is 21.4 Å². The molecule has 1 aromatic carbocycles. The zero-order valence-corrected chi connectivity index (χ0v) is 18.4. The SMILES string of the molecule is CS(=N)(=N)Cc1cc2nc(c1C#N)OCCCOc1cc(F)ccc1-c1cc(ncc1F)N2. The summed E-state index contributed by atoms with van der Waals surface area (Å²) in [6, 6.07) is 8.94. The minimum absolute atomic E-state index is 0.0492. The van der Waals surface area contributed by atoms with E-state index in [-0.39, 0.29) is 53.4 Å². The third kappa shape index (κ3) is 5.18. The molecule has 3 aromatic rings. The molecule has 3 N–H and O–H groups in total. The molecule has 0 aliphatic carbocycles. The summed E-state index contributed by atoms with van der Waals surface area (Å²) in [4.78, 5) is 8.41. The van der Waals surface area contributed by atoms with E-state index < -0.39 is 21.3 Å². The fourth-order valence-electron chi connectivity index (χ4n) is 3.38. The highest BCUT2D eigenvalue weighted by atomic mass is 32.2. The highest BCUT2D eigenvalue weighted by molar-refractivity contribution is 7.91. The lowest BCUT2D eigenvalue weighted by molar-refractivity contribution is 0.242. The number of nitrogens with one attached hydrogen (secondary N) is 3. The van der Waals surface area contributed by atoms with Crippen molar-refractivity contribution >= 4 is 21.3 Å². The molecule has 4 rings (SSSR count). The van der Waals surface area contributed by atoms with Crippen LogP contribution in [0.25, 0.3) is 11.1 Å². The lowest BCUT2D eigenvalue weighted by Crippen LogP contribution is -2.11. The standard InChI is InChI=1S/C22H20F2N6O2S/c1-33(26,27)12-13-7-21-29-20-9-16(18(24)11-28-20)15-4-3-14(23)8-19(15)31-5-2-6-32-22(30-21)17(13)10-25/h3-4,7-9,11,26-27H,2,5-6,12H2,1H3,(H,28,29,30). The summed E-state index contributed by atoms with van der Waals surface area (Å²) in [6.45, 7) is 0.309. The van der Waals surface area contributed by atoms with Crippen LogP contribution in [0.4, 0.5) is 20.4 Å². The first-order chi connectivity index (χ1) is 15.7. The van der Waals surface area contributed by atoms with Crippen LogP contribution in [0.5, 0.6) is 11.6 Å². The van der Waals surface area contributed by atoms with Crippen molar-refractivity contribution in [1.82, 2.24) is 9.97 Å². The number of aromatic nitrogens is 2. The van der Waals surface area contributed by atoms with E-state index in [0.29, 0.717) is 17.5 Å². The van der Waals surface area contributed by atoms with E-state index in [4.69, 9.17) is 19.0 Å². The first-order valence-corrected chi connectivity index (χ1v) is 12.1. The maximum Gasteiger partial charge on any atom is 0.233 e. The largest absolute Gasteiger partial charge is 0.493 e. The Morgan fingerprint density at radius 1 is 1.12 bits per heavy atom. The highest BCUT2D eigenvalue weighted by Crippen LogP contribution is 2.35. The molecule has 4 bridgehead atoms. The van der Waals surface area contributed by atoms with Gasteiger partial charge < -0.3 is 14.8 Å². The maximum absolute atomic E-state index is 14.7. The molecule has 2 aromatic heterocycles. The molecule has 11 heteroatoms. The summed E-state index contributed by atoms with van der Waals surface area (Å²) in [5.41, 5.74) is 1.15. The van der Waals surface area contributed by atoms with Gasteiger partial charge in [0, 0.05) is 35.6 Å². The molecule has 3 heterocycles. The lowest BCUT2D eigenvalue weighted by atomic mass is 10.0. The van der Waals surface area contributed by atoms with Crippen molar-refractivity contribution in [3.05, 3.63) is 59.3 Å². The van der Waals surface area contributed by atoms with Gasteiger partial charge in [-0.3, -0.25) is 9.56 Å². The number of pyridine rings is 2. The monoisotopic (exact) mass is 470 g/mol. The Morgan fingerprint density at radius 3 is 2.67 bits per heavy atom. The van der Waals surface area contributed by atoms with Crippen molar-refractivity contribution in [3.63, 3.8) is 0 Å². The second-order valence-electron chi connectivity index (χ2n) is 7.56. The second-order valence-corrected chi connectivity index (χ2v) is 10.0. The van der Waals surface area contributed by atoms with Gasteiger partial charge in [0.2, 0.25) is 5.88 Å². The van der Waals surface area contributed by atoms with Gasteiger partial charge in [-0.15, -0.1) is 0 Å². The predicted molar refractivity (Wildman–Crippen MR) is 120 cm³/mol. The second kappa shape index (κ2) is 8.99. The number of fused-ring (bicyclic) bond motifs is 6. The van der Waals surface area contributed by atoms with Crippen molar-refractivity contribution in [1.29, 1.82) is 14.8 Å². The molecule has 0 atom stereocenters. The van der Waals surface area contributed by atoms with Crippen molar-refractivity contribution in [2.45, 2.75) is 12.2 Å². The van der Waals surface area contributed by atoms with Gasteiger partial charge in [0.1, 0.15) is 40.7 Å². The molecule has 0 saturated heterocycles. The molecule has 8 nitrogen and oxygen atoms in total. The molecule has 0 saturated carbocycles. The molecule has 0 spiro atoms. The summed E-state index contributed by atoms with van der Waals surface area (Å²) < 4.78 is 55.9. The smallest absolute Gasteiger partial charge is 0.233 e. The molecule has 1 aliphatic heterocycles. The van der Waals surface area contributed by atoms with Crippen molar-refractivity contribution < 1.29 is 18.3 Å². The molecule has 0 radical (unpaired) electrons. The Hall–Kier alpha value is -3.78. The summed E-state index contributed by atoms with van der Waals surface area (Å²) in [5.74, 6) is -0.292. The van der Waals surface area contributed by atoms with E-state index in [1.54, 1.807) is 6.07 Å². The van der Waals surface area contributed by atoms with Gasteiger partial charge in [-0.25, -0.2) is 13.8 Å². The molecule has 0 unspecified atom stereocenters. The molecule has 1 aliphatic rings. The van der Waals surface area contributed by atoms with Gasteiger partial charge in [0.15, 0.2) is 0 Å². The van der Waals surface area contributed by atoms with Gasteiger partial charge in [0.05, 0.1) is 19.4 Å². The first-order valence-electron chi connectivity index (χ1n) is 9.91. The van der Waals surface area contributed by atoms with Crippen molar-refractivity contribution in [2.75, 3.05) is 24.8 Å². The predicted octanol–water partition coefficient (Wildman–Crippen LogP) is 5.01. The van der Waals surface area contributed by atoms with E-state index in [0.717, 1.165) is 6.20 Å². The Labute approximate surface area is 189 Å². The van der Waals surface area contributed by atoms with Crippen molar-refractivity contribution in [2.24, 2.45) is 0 Å². The van der Waals surface area contributed by atoms with Gasteiger partial charge in [0.25, 0.3) is 0 Å². The minimum atomic E-state index is -2.46. The summed E-state index contributed by atoms with van der Waals surface area (Å²) in [7, 11) is -2.46. The van der Waals surface area contributed by atoms with Crippen LogP contribution < -0.4 is 14.8 Å². The zero-order chi connectivity index (χ0) is 23.6. The highest BCUT2D eigenvalue weighted by Gasteiger charge is 2.18. The van der Waals surface area contributed by atoms with Crippen LogP contribution in [0.1, 0.15) is 17.5 Å². The number of ether oxygens (including phenoxy) is 2. The number of halogens is 2. The van der Waals surface area contributed by atoms with Gasteiger partial charge in [-0.05, 0) is 29.8 Å². The van der Waals surface area contributed by atoms with Crippen LogP contribution in [0.3, 0.4) is 0 Å². The average molecular weight is 471 g/mol. The summed E-state index contributed by atoms with van der Waals surface area (Å²) >= 11 is 0. The third-order valence-electron chi connectivity index (χ3n) is 4.75. The summed E-state index contributed by atoms with van der Waals surface area (Å²) in [6.07, 6.45) is 2.92. The lowest BCUT2D eigenvalue weighted by Gasteiger charge is -2.17. The average Bonchev–Trinajstić information content (AvgIpc) is 2.73. The van der Waals surface area contributed by atoms with E-state index in [1.807, 2.05) is 0 Å². The first kappa shape index (κ1) is 22.4. The molecule has 170 valence electrons. The van der Waals surface area contributed by atoms with E-state index in [9.17, 15) is 14.0 Å².